The predicted octanol–water partition coefficient (Wildman–Crippen LogP) is 5.09. The number of ketones is 1. The van der Waals surface area contributed by atoms with Gasteiger partial charge in [0.25, 0.3) is 0 Å². The number of Topliss-reactive ketones (excluding diaryl/α,β-unsaturated/α-hetero) is 1. The zero-order chi connectivity index (χ0) is 18.7. The highest BCUT2D eigenvalue weighted by molar-refractivity contribution is 5.79. The molecule has 3 fully saturated rings. The molecule has 0 N–H and O–H groups in total. The molecule has 0 unspecified atom stereocenters. The second-order valence-corrected chi connectivity index (χ2v) is 10.0. The van der Waals surface area contributed by atoms with Crippen LogP contribution in [0.15, 0.2) is 11.6 Å². The van der Waals surface area contributed by atoms with E-state index in [1.165, 1.54) is 26.2 Å². The monoisotopic (exact) mass is 358 g/mol. The van der Waals surface area contributed by atoms with Gasteiger partial charge in [-0.2, -0.15) is 0 Å². The summed E-state index contributed by atoms with van der Waals surface area (Å²) in [7, 11) is 0. The first kappa shape index (κ1) is 18.3. The molecule has 26 heavy (non-hydrogen) atoms. The number of hydrogen-bond donors (Lipinski definition) is 0. The summed E-state index contributed by atoms with van der Waals surface area (Å²) in [4.78, 5) is 23.6. The van der Waals surface area contributed by atoms with Crippen LogP contribution in [0.2, 0.25) is 0 Å². The normalized spacial score (nSPS) is 47.2. The van der Waals surface area contributed by atoms with E-state index in [0.29, 0.717) is 23.5 Å². The Labute approximate surface area is 157 Å². The van der Waals surface area contributed by atoms with Gasteiger partial charge in [0.2, 0.25) is 0 Å². The third-order valence-electron chi connectivity index (χ3n) is 8.80. The van der Waals surface area contributed by atoms with Gasteiger partial charge in [0, 0.05) is 12.8 Å². The lowest BCUT2D eigenvalue weighted by Gasteiger charge is -2.56. The SMILES string of the molecule is CC(=O)O[C@@H]1CC[C@]2(C)C3=CC[C@]4(C)[C@@H](C(C)=O)CC[C@H]4[C@@H]3CC[C@H]2C1. The van der Waals surface area contributed by atoms with Gasteiger partial charge in [-0.15, -0.1) is 0 Å². The van der Waals surface area contributed by atoms with Crippen LogP contribution in [0.4, 0.5) is 0 Å². The van der Waals surface area contributed by atoms with Crippen molar-refractivity contribution in [2.75, 3.05) is 0 Å². The molecule has 0 aromatic rings. The van der Waals surface area contributed by atoms with Gasteiger partial charge >= 0.3 is 5.97 Å². The van der Waals surface area contributed by atoms with Crippen molar-refractivity contribution in [2.45, 2.75) is 85.2 Å². The average Bonchev–Trinajstić information content (AvgIpc) is 2.92. The largest absolute Gasteiger partial charge is 0.463 e. The van der Waals surface area contributed by atoms with Crippen LogP contribution in [0.5, 0.6) is 0 Å². The summed E-state index contributed by atoms with van der Waals surface area (Å²) in [6.45, 7) is 8.18. The lowest BCUT2D eigenvalue weighted by atomic mass is 9.48. The molecule has 0 spiro atoms. The average molecular weight is 359 g/mol. The number of carbonyl (C=O) groups is 2. The molecule has 3 saturated carbocycles. The van der Waals surface area contributed by atoms with E-state index in [9.17, 15) is 9.59 Å². The summed E-state index contributed by atoms with van der Waals surface area (Å²) in [6, 6.07) is 0. The Balaban J connectivity index is 1.59. The van der Waals surface area contributed by atoms with E-state index in [1.54, 1.807) is 12.5 Å². The molecule has 3 heteroatoms. The molecule has 3 nitrogen and oxygen atoms in total. The zero-order valence-corrected chi connectivity index (χ0v) is 16.8. The number of hydrogen-bond acceptors (Lipinski definition) is 3. The Morgan fingerprint density at radius 3 is 2.54 bits per heavy atom. The van der Waals surface area contributed by atoms with Gasteiger partial charge in [0.05, 0.1) is 0 Å². The number of esters is 1. The highest BCUT2D eigenvalue weighted by Crippen LogP contribution is 2.65. The third kappa shape index (κ3) is 2.60. The maximum absolute atomic E-state index is 12.2. The molecule has 0 aliphatic heterocycles. The lowest BCUT2D eigenvalue weighted by Crippen LogP contribution is -2.49. The molecule has 144 valence electrons. The van der Waals surface area contributed by atoms with Gasteiger partial charge in [-0.3, -0.25) is 9.59 Å². The van der Waals surface area contributed by atoms with Gasteiger partial charge < -0.3 is 4.74 Å². The van der Waals surface area contributed by atoms with E-state index < -0.39 is 0 Å². The molecule has 4 aliphatic rings. The number of rotatable bonds is 2. The number of fused-ring (bicyclic) bond motifs is 5. The summed E-state index contributed by atoms with van der Waals surface area (Å²) >= 11 is 0. The minimum Gasteiger partial charge on any atom is -0.463 e. The van der Waals surface area contributed by atoms with Crippen molar-refractivity contribution in [3.63, 3.8) is 0 Å². The second-order valence-electron chi connectivity index (χ2n) is 10.0. The summed E-state index contributed by atoms with van der Waals surface area (Å²) in [5, 5.41) is 0. The highest BCUT2D eigenvalue weighted by Gasteiger charge is 2.58. The molecule has 0 saturated heterocycles. The molecule has 0 aromatic carbocycles. The van der Waals surface area contributed by atoms with E-state index >= 15 is 0 Å². The number of carbonyl (C=O) groups excluding carboxylic acids is 2. The Morgan fingerprint density at radius 2 is 1.85 bits per heavy atom. The van der Waals surface area contributed by atoms with Crippen molar-refractivity contribution in [3.05, 3.63) is 11.6 Å². The standard InChI is InChI=1S/C23H34O3/c1-14(24)19-7-8-20-18-6-5-16-13-17(26-15(2)25)9-11-22(16,3)21(18)10-12-23(19,20)4/h10,16-20H,5-9,11-13H2,1-4H3/t16-,17+,18-,19+,20-,22-,23+/m0/s1. The Bertz CT molecular complexity index is 650. The quantitative estimate of drug-likeness (QED) is 0.510. The third-order valence-corrected chi connectivity index (χ3v) is 8.80. The molecule has 0 radical (unpaired) electrons. The molecule has 7 atom stereocenters. The summed E-state index contributed by atoms with van der Waals surface area (Å²) in [5.74, 6) is 2.51. The summed E-state index contributed by atoms with van der Waals surface area (Å²) in [5.41, 5.74) is 2.15. The van der Waals surface area contributed by atoms with Crippen molar-refractivity contribution in [1.29, 1.82) is 0 Å². The Hall–Kier alpha value is -1.12. The van der Waals surface area contributed by atoms with E-state index in [1.807, 2.05) is 0 Å². The van der Waals surface area contributed by atoms with Crippen LogP contribution in [0.1, 0.15) is 79.1 Å². The van der Waals surface area contributed by atoms with Gasteiger partial charge in [-0.05, 0) is 86.9 Å². The van der Waals surface area contributed by atoms with Gasteiger partial charge in [-0.1, -0.05) is 25.5 Å². The van der Waals surface area contributed by atoms with E-state index in [4.69, 9.17) is 4.74 Å². The molecule has 0 aromatic heterocycles. The molecule has 4 rings (SSSR count). The van der Waals surface area contributed by atoms with Crippen LogP contribution in [0, 0.1) is 34.5 Å². The first-order chi connectivity index (χ1) is 12.3. The molecular formula is C23H34O3. The molecule has 0 heterocycles. The minimum absolute atomic E-state index is 0.116. The van der Waals surface area contributed by atoms with Crippen LogP contribution in [0.3, 0.4) is 0 Å². The van der Waals surface area contributed by atoms with E-state index in [-0.39, 0.29) is 28.8 Å². The Kier molecular flexibility index (Phi) is 4.36. The zero-order valence-electron chi connectivity index (χ0n) is 16.8. The highest BCUT2D eigenvalue weighted by atomic mass is 16.5. The summed E-state index contributed by atoms with van der Waals surface area (Å²) in [6.07, 6.45) is 11.7. The van der Waals surface area contributed by atoms with Crippen molar-refractivity contribution in [1.82, 2.24) is 0 Å². The van der Waals surface area contributed by atoms with Crippen molar-refractivity contribution < 1.29 is 14.3 Å². The van der Waals surface area contributed by atoms with Gasteiger partial charge in [0.15, 0.2) is 0 Å². The van der Waals surface area contributed by atoms with Crippen molar-refractivity contribution in [3.8, 4) is 0 Å². The van der Waals surface area contributed by atoms with E-state index in [0.717, 1.165) is 32.1 Å². The van der Waals surface area contributed by atoms with Gasteiger partial charge in [-0.25, -0.2) is 0 Å². The van der Waals surface area contributed by atoms with Crippen LogP contribution in [-0.2, 0) is 14.3 Å². The Morgan fingerprint density at radius 1 is 1.08 bits per heavy atom. The maximum Gasteiger partial charge on any atom is 0.302 e. The second kappa shape index (κ2) is 6.21. The molecule has 4 aliphatic carbocycles. The van der Waals surface area contributed by atoms with Crippen LogP contribution < -0.4 is 0 Å². The minimum atomic E-state index is -0.138. The lowest BCUT2D eigenvalue weighted by molar-refractivity contribution is -0.151. The topological polar surface area (TPSA) is 43.4 Å². The smallest absolute Gasteiger partial charge is 0.302 e. The fourth-order valence-corrected chi connectivity index (χ4v) is 7.50. The maximum atomic E-state index is 12.2. The number of allylic oxidation sites excluding steroid dienone is 2. The molecule has 0 amide bonds. The fourth-order valence-electron chi connectivity index (χ4n) is 7.50. The molecule has 0 bridgehead atoms. The van der Waals surface area contributed by atoms with Crippen LogP contribution in [-0.4, -0.2) is 17.9 Å². The number of ether oxygens (including phenoxy) is 1. The summed E-state index contributed by atoms with van der Waals surface area (Å²) < 4.78 is 5.55. The van der Waals surface area contributed by atoms with E-state index in [2.05, 4.69) is 19.9 Å². The van der Waals surface area contributed by atoms with Gasteiger partial charge in [0.1, 0.15) is 11.9 Å². The van der Waals surface area contributed by atoms with Crippen LogP contribution >= 0.6 is 0 Å². The van der Waals surface area contributed by atoms with Crippen molar-refractivity contribution in [2.24, 2.45) is 34.5 Å². The van der Waals surface area contributed by atoms with Crippen molar-refractivity contribution >= 4 is 11.8 Å². The first-order valence-corrected chi connectivity index (χ1v) is 10.6. The molecular weight excluding hydrogens is 324 g/mol. The predicted molar refractivity (Wildman–Crippen MR) is 101 cm³/mol. The fraction of sp³-hybridized carbons (Fsp3) is 0.826. The first-order valence-electron chi connectivity index (χ1n) is 10.6. The van der Waals surface area contributed by atoms with Crippen LogP contribution in [0.25, 0.3) is 0 Å².